The molecule has 156 valence electrons. The Morgan fingerprint density at radius 1 is 1.07 bits per heavy atom. The van der Waals surface area contributed by atoms with Gasteiger partial charge in [-0.3, -0.25) is 4.79 Å². The van der Waals surface area contributed by atoms with Crippen LogP contribution in [-0.2, 0) is 19.1 Å². The maximum atomic E-state index is 13.0. The van der Waals surface area contributed by atoms with Gasteiger partial charge in [-0.25, -0.2) is 4.79 Å². The van der Waals surface area contributed by atoms with E-state index in [1.54, 1.807) is 29.2 Å². The smallest absolute Gasteiger partial charge is 0.331 e. The average Bonchev–Trinajstić information content (AvgIpc) is 2.81. The lowest BCUT2D eigenvalue weighted by molar-refractivity contribution is -0.159. The Kier molecular flexibility index (Phi) is 7.80. The van der Waals surface area contributed by atoms with Crippen LogP contribution in [-0.4, -0.2) is 49.7 Å². The Bertz CT molecular complexity index is 870. The fraction of sp³-hybridized carbons (Fsp3) is 0.250. The summed E-state index contributed by atoms with van der Waals surface area (Å²) in [5.74, 6) is -0.109. The Hall–Kier alpha value is -3.38. The number of hydrogen-bond acceptors (Lipinski definition) is 5. The monoisotopic (exact) mass is 407 g/mol. The molecule has 1 aliphatic heterocycles. The maximum Gasteiger partial charge on any atom is 0.331 e. The minimum absolute atomic E-state index is 0.241. The normalized spacial score (nSPS) is 14.9. The summed E-state index contributed by atoms with van der Waals surface area (Å²) >= 11 is 0. The number of ether oxygens (including phenoxy) is 3. The molecule has 1 aliphatic rings. The first-order chi connectivity index (χ1) is 14.7. The summed E-state index contributed by atoms with van der Waals surface area (Å²) in [6.45, 7) is 5.96. The van der Waals surface area contributed by atoms with Crippen LogP contribution in [0.25, 0.3) is 6.08 Å². The zero-order chi connectivity index (χ0) is 21.2. The Morgan fingerprint density at radius 2 is 1.77 bits per heavy atom. The van der Waals surface area contributed by atoms with Crippen LogP contribution >= 0.6 is 0 Å². The van der Waals surface area contributed by atoms with Gasteiger partial charge in [-0.15, -0.1) is 0 Å². The number of benzene rings is 2. The van der Waals surface area contributed by atoms with E-state index in [1.165, 1.54) is 6.08 Å². The fourth-order valence-electron chi connectivity index (χ4n) is 2.99. The topological polar surface area (TPSA) is 65.1 Å². The first-order valence-electron chi connectivity index (χ1n) is 9.81. The van der Waals surface area contributed by atoms with Crippen molar-refractivity contribution in [1.29, 1.82) is 0 Å². The van der Waals surface area contributed by atoms with Crippen LogP contribution < -0.4 is 4.74 Å². The molecule has 0 radical (unpaired) electrons. The standard InChI is InChI=1S/C24H25NO5/c1-2-16-29-21-11-8-19(9-12-21)10-13-22(26)30-23(20-6-4-3-5-7-20)24(27)25-14-17-28-18-15-25/h2-13,23H,1,14-18H2/b13-10+/t23-/m0/s1. The predicted octanol–water partition coefficient (Wildman–Crippen LogP) is 3.41. The highest BCUT2D eigenvalue weighted by molar-refractivity contribution is 5.91. The van der Waals surface area contributed by atoms with Crippen molar-refractivity contribution < 1.29 is 23.8 Å². The van der Waals surface area contributed by atoms with Crippen molar-refractivity contribution >= 4 is 18.0 Å². The van der Waals surface area contributed by atoms with Gasteiger partial charge in [0.25, 0.3) is 5.91 Å². The summed E-state index contributed by atoms with van der Waals surface area (Å²) < 4.78 is 16.3. The molecule has 0 aliphatic carbocycles. The first-order valence-corrected chi connectivity index (χ1v) is 9.81. The van der Waals surface area contributed by atoms with Gasteiger partial charge < -0.3 is 19.1 Å². The average molecular weight is 407 g/mol. The van der Waals surface area contributed by atoms with Crippen molar-refractivity contribution in [3.8, 4) is 5.75 Å². The molecule has 30 heavy (non-hydrogen) atoms. The third kappa shape index (κ3) is 6.06. The molecule has 6 heteroatoms. The third-order valence-corrected chi connectivity index (χ3v) is 4.54. The predicted molar refractivity (Wildman–Crippen MR) is 114 cm³/mol. The molecule has 1 saturated heterocycles. The molecule has 0 bridgehead atoms. The van der Waals surface area contributed by atoms with Gasteiger partial charge in [0, 0.05) is 24.7 Å². The highest BCUT2D eigenvalue weighted by atomic mass is 16.5. The number of nitrogens with zero attached hydrogens (tertiary/aromatic N) is 1. The van der Waals surface area contributed by atoms with Crippen LogP contribution in [0.3, 0.4) is 0 Å². The Morgan fingerprint density at radius 3 is 2.43 bits per heavy atom. The molecule has 0 aromatic heterocycles. The number of amides is 1. The van der Waals surface area contributed by atoms with Gasteiger partial charge >= 0.3 is 5.97 Å². The van der Waals surface area contributed by atoms with Crippen molar-refractivity contribution in [1.82, 2.24) is 4.90 Å². The van der Waals surface area contributed by atoms with Crippen molar-refractivity contribution in [3.63, 3.8) is 0 Å². The van der Waals surface area contributed by atoms with Crippen molar-refractivity contribution in [2.75, 3.05) is 32.9 Å². The second kappa shape index (κ2) is 11.0. The second-order valence-electron chi connectivity index (χ2n) is 6.67. The quantitative estimate of drug-likeness (QED) is 0.381. The molecule has 1 fully saturated rings. The molecule has 1 atom stereocenters. The zero-order valence-corrected chi connectivity index (χ0v) is 16.7. The van der Waals surface area contributed by atoms with Crippen LogP contribution in [0.1, 0.15) is 17.2 Å². The number of hydrogen-bond donors (Lipinski definition) is 0. The molecule has 3 rings (SSSR count). The molecule has 2 aromatic rings. The van der Waals surface area contributed by atoms with E-state index in [0.29, 0.717) is 38.5 Å². The van der Waals surface area contributed by atoms with Crippen molar-refractivity contribution in [2.45, 2.75) is 6.10 Å². The van der Waals surface area contributed by atoms with E-state index in [9.17, 15) is 9.59 Å². The lowest BCUT2D eigenvalue weighted by Crippen LogP contribution is -2.44. The van der Waals surface area contributed by atoms with Gasteiger partial charge in [0.1, 0.15) is 12.4 Å². The molecule has 0 unspecified atom stereocenters. The summed E-state index contributed by atoms with van der Waals surface area (Å²) in [6.07, 6.45) is 3.64. The summed E-state index contributed by atoms with van der Waals surface area (Å²) in [5, 5.41) is 0. The Labute approximate surface area is 176 Å². The lowest BCUT2D eigenvalue weighted by Gasteiger charge is -2.30. The van der Waals surface area contributed by atoms with E-state index in [0.717, 1.165) is 11.3 Å². The van der Waals surface area contributed by atoms with Crippen molar-refractivity contribution in [3.05, 3.63) is 84.5 Å². The van der Waals surface area contributed by atoms with Gasteiger partial charge in [0.15, 0.2) is 0 Å². The van der Waals surface area contributed by atoms with E-state index in [4.69, 9.17) is 14.2 Å². The summed E-state index contributed by atoms with van der Waals surface area (Å²) in [5.41, 5.74) is 1.45. The SMILES string of the molecule is C=CCOc1ccc(/C=C/C(=O)O[C@H](C(=O)N2CCOCC2)c2ccccc2)cc1. The highest BCUT2D eigenvalue weighted by Gasteiger charge is 2.29. The van der Waals surface area contributed by atoms with Gasteiger partial charge in [-0.05, 0) is 23.8 Å². The molecule has 2 aromatic carbocycles. The molecule has 0 saturated carbocycles. The van der Waals surface area contributed by atoms with Crippen LogP contribution in [0.5, 0.6) is 5.75 Å². The van der Waals surface area contributed by atoms with Crippen LogP contribution in [0, 0.1) is 0 Å². The molecule has 0 spiro atoms. The van der Waals surface area contributed by atoms with Crippen LogP contribution in [0.4, 0.5) is 0 Å². The minimum Gasteiger partial charge on any atom is -0.490 e. The molecule has 0 N–H and O–H groups in total. The lowest BCUT2D eigenvalue weighted by atomic mass is 10.1. The molecule has 1 amide bonds. The summed E-state index contributed by atoms with van der Waals surface area (Å²) in [6, 6.07) is 16.3. The number of carbonyl (C=O) groups is 2. The van der Waals surface area contributed by atoms with E-state index in [1.807, 2.05) is 42.5 Å². The van der Waals surface area contributed by atoms with Crippen molar-refractivity contribution in [2.24, 2.45) is 0 Å². The van der Waals surface area contributed by atoms with Crippen LogP contribution in [0.15, 0.2) is 73.3 Å². The van der Waals surface area contributed by atoms with Gasteiger partial charge in [-0.2, -0.15) is 0 Å². The Balaban J connectivity index is 1.67. The van der Waals surface area contributed by atoms with Gasteiger partial charge in [-0.1, -0.05) is 55.1 Å². The highest BCUT2D eigenvalue weighted by Crippen LogP contribution is 2.22. The van der Waals surface area contributed by atoms with E-state index < -0.39 is 12.1 Å². The number of carbonyl (C=O) groups excluding carboxylic acids is 2. The van der Waals surface area contributed by atoms with Gasteiger partial charge in [0.05, 0.1) is 13.2 Å². The second-order valence-corrected chi connectivity index (χ2v) is 6.67. The zero-order valence-electron chi connectivity index (χ0n) is 16.7. The largest absolute Gasteiger partial charge is 0.490 e. The maximum absolute atomic E-state index is 13.0. The number of esters is 1. The summed E-state index contributed by atoms with van der Waals surface area (Å²) in [7, 11) is 0. The summed E-state index contributed by atoms with van der Waals surface area (Å²) in [4.78, 5) is 27.1. The third-order valence-electron chi connectivity index (χ3n) is 4.54. The van der Waals surface area contributed by atoms with Gasteiger partial charge in [0.2, 0.25) is 6.10 Å². The van der Waals surface area contributed by atoms with E-state index in [-0.39, 0.29) is 5.91 Å². The molecular weight excluding hydrogens is 382 g/mol. The number of morpholine rings is 1. The number of rotatable bonds is 8. The fourth-order valence-corrected chi connectivity index (χ4v) is 2.99. The minimum atomic E-state index is -0.990. The molecular formula is C24H25NO5. The molecule has 1 heterocycles. The first kappa shape index (κ1) is 21.3. The van der Waals surface area contributed by atoms with Crippen LogP contribution in [0.2, 0.25) is 0 Å². The molecule has 6 nitrogen and oxygen atoms in total. The van der Waals surface area contributed by atoms with E-state index in [2.05, 4.69) is 6.58 Å². The van der Waals surface area contributed by atoms with E-state index >= 15 is 0 Å².